The van der Waals surface area contributed by atoms with E-state index in [4.69, 9.17) is 11.6 Å². The molecule has 5 nitrogen and oxygen atoms in total. The molecule has 0 bridgehead atoms. The molecular weight excluding hydrogens is 302 g/mol. The van der Waals surface area contributed by atoms with Gasteiger partial charge in [0.15, 0.2) is 0 Å². The summed E-state index contributed by atoms with van der Waals surface area (Å²) in [5.41, 5.74) is 0.732. The average molecular weight is 326 g/mol. The van der Waals surface area contributed by atoms with Crippen LogP contribution in [0.3, 0.4) is 0 Å². The Bertz CT molecular complexity index is 543. The Kier molecular flexibility index (Phi) is 5.19. The predicted molar refractivity (Wildman–Crippen MR) is 88.2 cm³/mol. The monoisotopic (exact) mass is 325 g/mol. The van der Waals surface area contributed by atoms with E-state index in [9.17, 15) is 9.90 Å². The molecule has 6 heteroatoms. The van der Waals surface area contributed by atoms with Gasteiger partial charge in [-0.15, -0.1) is 0 Å². The fourth-order valence-corrected chi connectivity index (χ4v) is 2.88. The quantitative estimate of drug-likeness (QED) is 0.797. The van der Waals surface area contributed by atoms with Crippen molar-refractivity contribution in [2.45, 2.75) is 45.3 Å². The van der Waals surface area contributed by atoms with Gasteiger partial charge in [-0.3, -0.25) is 4.90 Å². The third-order valence-electron chi connectivity index (χ3n) is 4.01. The number of para-hydroxylation sites is 1. The number of carbonyl (C=O) groups is 1. The van der Waals surface area contributed by atoms with E-state index in [0.29, 0.717) is 18.2 Å². The fraction of sp³-hybridized carbons (Fsp3) is 0.562. The van der Waals surface area contributed by atoms with Gasteiger partial charge in [0.2, 0.25) is 0 Å². The Morgan fingerprint density at radius 2 is 2.14 bits per heavy atom. The minimum atomic E-state index is -0.236. The summed E-state index contributed by atoms with van der Waals surface area (Å²) >= 11 is 5.83. The molecule has 1 heterocycles. The van der Waals surface area contributed by atoms with Crippen LogP contribution in [0.1, 0.15) is 32.8 Å². The molecule has 1 aliphatic heterocycles. The molecule has 0 radical (unpaired) electrons. The van der Waals surface area contributed by atoms with Crippen LogP contribution in [0, 0.1) is 0 Å². The average Bonchev–Trinajstić information content (AvgIpc) is 2.37. The lowest BCUT2D eigenvalue weighted by molar-refractivity contribution is 0.00382. The van der Waals surface area contributed by atoms with Crippen LogP contribution >= 0.6 is 11.6 Å². The Hall–Kier alpha value is -1.46. The molecule has 2 amide bonds. The number of urea groups is 1. The number of nitrogens with one attached hydrogen (secondary N) is 2. The highest BCUT2D eigenvalue weighted by atomic mass is 35.5. The number of phenolic OH excluding ortho intramolecular Hbond substituents is 1. The van der Waals surface area contributed by atoms with Crippen LogP contribution in [0.5, 0.6) is 5.75 Å². The Labute approximate surface area is 136 Å². The molecule has 122 valence electrons. The highest BCUT2D eigenvalue weighted by molar-refractivity contribution is 6.32. The summed E-state index contributed by atoms with van der Waals surface area (Å²) in [5.74, 6) is 0.0161. The molecule has 0 spiro atoms. The van der Waals surface area contributed by atoms with Gasteiger partial charge in [-0.25, -0.2) is 4.79 Å². The maximum Gasteiger partial charge on any atom is 0.315 e. The number of phenols is 1. The topological polar surface area (TPSA) is 64.6 Å². The first kappa shape index (κ1) is 16.9. The van der Waals surface area contributed by atoms with Crippen molar-refractivity contribution in [1.29, 1.82) is 0 Å². The van der Waals surface area contributed by atoms with Gasteiger partial charge in [0.1, 0.15) is 5.75 Å². The van der Waals surface area contributed by atoms with Gasteiger partial charge in [0, 0.05) is 36.8 Å². The zero-order valence-electron chi connectivity index (χ0n) is 13.3. The summed E-state index contributed by atoms with van der Waals surface area (Å²) in [6.07, 6.45) is 1.10. The number of aromatic hydroxyl groups is 1. The number of halogens is 1. The molecule has 1 aromatic rings. The molecule has 1 unspecified atom stereocenters. The zero-order chi connectivity index (χ0) is 16.3. The summed E-state index contributed by atoms with van der Waals surface area (Å²) < 4.78 is 0. The maximum atomic E-state index is 11.9. The van der Waals surface area contributed by atoms with E-state index in [2.05, 4.69) is 36.3 Å². The van der Waals surface area contributed by atoms with E-state index in [-0.39, 0.29) is 28.9 Å². The second-order valence-corrected chi connectivity index (χ2v) is 7.03. The molecule has 0 aliphatic carbocycles. The first-order valence-corrected chi connectivity index (χ1v) is 7.91. The molecule has 1 aliphatic rings. The van der Waals surface area contributed by atoms with Crippen molar-refractivity contribution in [2.75, 3.05) is 13.1 Å². The minimum Gasteiger partial charge on any atom is -0.506 e. The molecule has 0 saturated carbocycles. The second kappa shape index (κ2) is 6.75. The normalized spacial score (nSPS) is 18.6. The standard InChI is InChI=1S/C16H24ClN3O2/c1-16(2,3)20-8-7-12(20)10-19-15(22)18-9-11-5-4-6-13(17)14(11)21/h4-6,12,21H,7-10H2,1-3H3,(H2,18,19,22). The van der Waals surface area contributed by atoms with E-state index in [1.807, 2.05) is 0 Å². The van der Waals surface area contributed by atoms with Crippen LogP contribution in [-0.4, -0.2) is 40.7 Å². The van der Waals surface area contributed by atoms with Crippen molar-refractivity contribution in [3.8, 4) is 5.75 Å². The number of nitrogens with zero attached hydrogens (tertiary/aromatic N) is 1. The van der Waals surface area contributed by atoms with E-state index in [1.54, 1.807) is 18.2 Å². The molecule has 1 aromatic carbocycles. The first-order chi connectivity index (χ1) is 10.3. The van der Waals surface area contributed by atoms with Crippen LogP contribution in [-0.2, 0) is 6.54 Å². The van der Waals surface area contributed by atoms with E-state index in [1.165, 1.54) is 0 Å². The van der Waals surface area contributed by atoms with Crippen molar-refractivity contribution in [2.24, 2.45) is 0 Å². The van der Waals surface area contributed by atoms with Gasteiger partial charge in [-0.05, 0) is 33.3 Å². The minimum absolute atomic E-state index is 0.0161. The lowest BCUT2D eigenvalue weighted by atomic mass is 9.93. The molecule has 1 atom stereocenters. The van der Waals surface area contributed by atoms with Crippen LogP contribution in [0.2, 0.25) is 5.02 Å². The largest absolute Gasteiger partial charge is 0.506 e. The number of hydrogen-bond donors (Lipinski definition) is 3. The zero-order valence-corrected chi connectivity index (χ0v) is 14.1. The van der Waals surface area contributed by atoms with Crippen LogP contribution in [0.25, 0.3) is 0 Å². The summed E-state index contributed by atoms with van der Waals surface area (Å²) in [6.45, 7) is 8.49. The Morgan fingerprint density at radius 1 is 1.41 bits per heavy atom. The molecule has 2 rings (SSSR count). The second-order valence-electron chi connectivity index (χ2n) is 6.62. The van der Waals surface area contributed by atoms with Gasteiger partial charge in [0.25, 0.3) is 0 Å². The summed E-state index contributed by atoms with van der Waals surface area (Å²) in [6, 6.07) is 5.24. The number of likely N-dealkylation sites (tertiary alicyclic amines) is 1. The van der Waals surface area contributed by atoms with Gasteiger partial charge in [-0.2, -0.15) is 0 Å². The van der Waals surface area contributed by atoms with Crippen molar-refractivity contribution in [3.05, 3.63) is 28.8 Å². The number of amides is 2. The third-order valence-corrected chi connectivity index (χ3v) is 4.32. The number of rotatable bonds is 4. The predicted octanol–water partition coefficient (Wildman–Crippen LogP) is 2.72. The van der Waals surface area contributed by atoms with E-state index in [0.717, 1.165) is 13.0 Å². The smallest absolute Gasteiger partial charge is 0.315 e. The van der Waals surface area contributed by atoms with Crippen molar-refractivity contribution in [3.63, 3.8) is 0 Å². The molecule has 1 fully saturated rings. The number of benzene rings is 1. The lowest BCUT2D eigenvalue weighted by Gasteiger charge is -2.49. The highest BCUT2D eigenvalue weighted by Gasteiger charge is 2.35. The molecule has 0 aromatic heterocycles. The van der Waals surface area contributed by atoms with Crippen molar-refractivity contribution < 1.29 is 9.90 Å². The number of carbonyl (C=O) groups excluding carboxylic acids is 1. The summed E-state index contributed by atoms with van der Waals surface area (Å²) in [4.78, 5) is 14.2. The molecular formula is C16H24ClN3O2. The maximum absolute atomic E-state index is 11.9. The summed E-state index contributed by atoms with van der Waals surface area (Å²) in [5, 5.41) is 15.7. The van der Waals surface area contributed by atoms with Gasteiger partial charge >= 0.3 is 6.03 Å². The first-order valence-electron chi connectivity index (χ1n) is 7.54. The Balaban J connectivity index is 1.76. The van der Waals surface area contributed by atoms with Crippen LogP contribution < -0.4 is 10.6 Å². The lowest BCUT2D eigenvalue weighted by Crippen LogP contribution is -2.61. The summed E-state index contributed by atoms with van der Waals surface area (Å²) in [7, 11) is 0. The van der Waals surface area contributed by atoms with Crippen molar-refractivity contribution >= 4 is 17.6 Å². The molecule has 22 heavy (non-hydrogen) atoms. The molecule has 1 saturated heterocycles. The third kappa shape index (κ3) is 4.05. The van der Waals surface area contributed by atoms with Gasteiger partial charge in [0.05, 0.1) is 5.02 Å². The van der Waals surface area contributed by atoms with E-state index < -0.39 is 0 Å². The highest BCUT2D eigenvalue weighted by Crippen LogP contribution is 2.27. The van der Waals surface area contributed by atoms with Gasteiger partial charge in [-0.1, -0.05) is 23.7 Å². The Morgan fingerprint density at radius 3 is 2.73 bits per heavy atom. The SMILES string of the molecule is CC(C)(C)N1CCC1CNC(=O)NCc1cccc(Cl)c1O. The van der Waals surface area contributed by atoms with Crippen LogP contribution in [0.15, 0.2) is 18.2 Å². The van der Waals surface area contributed by atoms with E-state index >= 15 is 0 Å². The number of hydrogen-bond acceptors (Lipinski definition) is 3. The van der Waals surface area contributed by atoms with Gasteiger partial charge < -0.3 is 15.7 Å². The van der Waals surface area contributed by atoms with Crippen molar-refractivity contribution in [1.82, 2.24) is 15.5 Å². The van der Waals surface area contributed by atoms with Crippen LogP contribution in [0.4, 0.5) is 4.79 Å². The molecule has 3 N–H and O–H groups in total. The fourth-order valence-electron chi connectivity index (χ4n) is 2.69.